The van der Waals surface area contributed by atoms with Crippen molar-refractivity contribution < 1.29 is 13.5 Å². The van der Waals surface area contributed by atoms with Crippen molar-refractivity contribution in [2.45, 2.75) is 20.1 Å². The zero-order valence-electron chi connectivity index (χ0n) is 10.9. The molecule has 0 aromatic heterocycles. The molecule has 0 saturated heterocycles. The Kier molecular flexibility index (Phi) is 4.79. The summed E-state index contributed by atoms with van der Waals surface area (Å²) in [6, 6.07) is 12.2. The van der Waals surface area contributed by atoms with Crippen LogP contribution in [0.4, 0.5) is 14.5 Å². The summed E-state index contributed by atoms with van der Waals surface area (Å²) in [6.07, 6.45) is 0. The van der Waals surface area contributed by atoms with E-state index in [2.05, 4.69) is 10.1 Å². The number of anilines is 1. The number of hydrogen-bond donors (Lipinski definition) is 1. The molecule has 0 amide bonds. The van der Waals surface area contributed by atoms with E-state index in [0.29, 0.717) is 17.1 Å². The van der Waals surface area contributed by atoms with Crippen molar-refractivity contribution in [3.63, 3.8) is 0 Å². The van der Waals surface area contributed by atoms with Crippen LogP contribution in [0.1, 0.15) is 11.1 Å². The Hall–Kier alpha value is -1.81. The number of nitrogens with one attached hydrogen (secondary N) is 1. The first-order valence-corrected chi connectivity index (χ1v) is 6.47. The van der Waals surface area contributed by atoms with Crippen LogP contribution >= 0.6 is 11.6 Å². The van der Waals surface area contributed by atoms with E-state index in [0.717, 1.165) is 11.3 Å². The van der Waals surface area contributed by atoms with E-state index < -0.39 is 6.61 Å². The van der Waals surface area contributed by atoms with Crippen molar-refractivity contribution in [1.29, 1.82) is 0 Å². The maximum Gasteiger partial charge on any atom is 0.387 e. The Morgan fingerprint density at radius 1 is 1.20 bits per heavy atom. The SMILES string of the molecule is Cc1ccc(Cl)cc1NCc1ccccc1OC(F)F. The lowest BCUT2D eigenvalue weighted by Gasteiger charge is -2.13. The van der Waals surface area contributed by atoms with Gasteiger partial charge in [0.25, 0.3) is 0 Å². The summed E-state index contributed by atoms with van der Waals surface area (Å²) in [5.74, 6) is 0.176. The molecular weight excluding hydrogens is 284 g/mol. The average molecular weight is 298 g/mol. The van der Waals surface area contributed by atoms with Crippen LogP contribution in [0.2, 0.25) is 5.02 Å². The molecule has 0 aliphatic heterocycles. The molecule has 0 spiro atoms. The number of benzene rings is 2. The Morgan fingerprint density at radius 2 is 1.95 bits per heavy atom. The number of hydrogen-bond acceptors (Lipinski definition) is 2. The number of ether oxygens (including phenoxy) is 1. The lowest BCUT2D eigenvalue weighted by Crippen LogP contribution is -2.07. The van der Waals surface area contributed by atoms with Crippen LogP contribution in [0.3, 0.4) is 0 Å². The summed E-state index contributed by atoms with van der Waals surface area (Å²) in [4.78, 5) is 0. The van der Waals surface area contributed by atoms with Gasteiger partial charge in [-0.1, -0.05) is 35.9 Å². The maximum atomic E-state index is 12.3. The van der Waals surface area contributed by atoms with Gasteiger partial charge < -0.3 is 10.1 Å². The van der Waals surface area contributed by atoms with Gasteiger partial charge in [0.2, 0.25) is 0 Å². The average Bonchev–Trinajstić information content (AvgIpc) is 2.41. The van der Waals surface area contributed by atoms with E-state index in [9.17, 15) is 8.78 Å². The molecule has 20 heavy (non-hydrogen) atoms. The first-order valence-electron chi connectivity index (χ1n) is 6.09. The molecule has 0 unspecified atom stereocenters. The molecule has 0 aliphatic carbocycles. The second-order valence-electron chi connectivity index (χ2n) is 4.30. The fraction of sp³-hybridized carbons (Fsp3) is 0.200. The third kappa shape index (κ3) is 3.84. The van der Waals surface area contributed by atoms with Crippen molar-refractivity contribution >= 4 is 17.3 Å². The van der Waals surface area contributed by atoms with E-state index in [1.54, 1.807) is 30.3 Å². The standard InChI is InChI=1S/C15H14ClF2NO/c1-10-6-7-12(16)8-13(10)19-9-11-4-2-3-5-14(11)20-15(17)18/h2-8,15,19H,9H2,1H3. The van der Waals surface area contributed by atoms with E-state index >= 15 is 0 Å². The van der Waals surface area contributed by atoms with E-state index in [4.69, 9.17) is 11.6 Å². The van der Waals surface area contributed by atoms with Gasteiger partial charge in [0.15, 0.2) is 0 Å². The highest BCUT2D eigenvalue weighted by Gasteiger charge is 2.09. The summed E-state index contributed by atoms with van der Waals surface area (Å²) in [5.41, 5.74) is 2.55. The smallest absolute Gasteiger partial charge is 0.387 e. The van der Waals surface area contributed by atoms with Gasteiger partial charge in [0, 0.05) is 22.8 Å². The minimum Gasteiger partial charge on any atom is -0.434 e. The third-order valence-electron chi connectivity index (χ3n) is 2.86. The molecule has 0 fully saturated rings. The quantitative estimate of drug-likeness (QED) is 0.851. The fourth-order valence-corrected chi connectivity index (χ4v) is 2.01. The molecule has 5 heteroatoms. The molecule has 0 saturated carbocycles. The Labute approximate surface area is 121 Å². The summed E-state index contributed by atoms with van der Waals surface area (Å²) in [5, 5.41) is 3.79. The number of aryl methyl sites for hydroxylation is 1. The van der Waals surface area contributed by atoms with Crippen molar-refractivity contribution in [3.05, 3.63) is 58.6 Å². The number of halogens is 3. The molecule has 2 nitrogen and oxygen atoms in total. The van der Waals surface area contributed by atoms with Crippen molar-refractivity contribution in [2.24, 2.45) is 0 Å². The summed E-state index contributed by atoms with van der Waals surface area (Å²) < 4.78 is 29.1. The highest BCUT2D eigenvalue weighted by Crippen LogP contribution is 2.24. The van der Waals surface area contributed by atoms with Gasteiger partial charge in [0.05, 0.1) is 0 Å². The molecule has 1 N–H and O–H groups in total. The molecule has 0 radical (unpaired) electrons. The van der Waals surface area contributed by atoms with Gasteiger partial charge >= 0.3 is 6.61 Å². The van der Waals surface area contributed by atoms with E-state index in [1.165, 1.54) is 6.07 Å². The molecule has 0 aliphatic rings. The van der Waals surface area contributed by atoms with Crippen LogP contribution in [0.5, 0.6) is 5.75 Å². The van der Waals surface area contributed by atoms with E-state index in [1.807, 2.05) is 13.0 Å². The molecule has 106 valence electrons. The number of alkyl halides is 2. The molecule has 2 aromatic rings. The monoisotopic (exact) mass is 297 g/mol. The van der Waals surface area contributed by atoms with Gasteiger partial charge in [-0.2, -0.15) is 8.78 Å². The van der Waals surface area contributed by atoms with Crippen LogP contribution in [-0.2, 0) is 6.54 Å². The third-order valence-corrected chi connectivity index (χ3v) is 3.09. The molecule has 0 heterocycles. The highest BCUT2D eigenvalue weighted by molar-refractivity contribution is 6.30. The minimum absolute atomic E-state index is 0.176. The van der Waals surface area contributed by atoms with Crippen LogP contribution in [-0.4, -0.2) is 6.61 Å². The lowest BCUT2D eigenvalue weighted by atomic mass is 10.1. The van der Waals surface area contributed by atoms with Gasteiger partial charge in [-0.25, -0.2) is 0 Å². The zero-order valence-corrected chi connectivity index (χ0v) is 11.6. The predicted molar refractivity (Wildman–Crippen MR) is 76.6 cm³/mol. The van der Waals surface area contributed by atoms with Gasteiger partial charge in [-0.15, -0.1) is 0 Å². The normalized spacial score (nSPS) is 10.7. The van der Waals surface area contributed by atoms with Gasteiger partial charge in [0.1, 0.15) is 5.75 Å². The molecule has 2 aromatic carbocycles. The van der Waals surface area contributed by atoms with Crippen molar-refractivity contribution in [3.8, 4) is 5.75 Å². The Bertz CT molecular complexity index is 590. The first kappa shape index (κ1) is 14.6. The minimum atomic E-state index is -2.83. The zero-order chi connectivity index (χ0) is 14.5. The Morgan fingerprint density at radius 3 is 2.70 bits per heavy atom. The van der Waals surface area contributed by atoms with Crippen LogP contribution < -0.4 is 10.1 Å². The maximum absolute atomic E-state index is 12.3. The highest BCUT2D eigenvalue weighted by atomic mass is 35.5. The lowest BCUT2D eigenvalue weighted by molar-refractivity contribution is -0.0504. The molecule has 2 rings (SSSR count). The molecular formula is C15H14ClF2NO. The summed E-state index contributed by atoms with van der Waals surface area (Å²) >= 11 is 5.93. The van der Waals surface area contributed by atoms with Crippen LogP contribution in [0.15, 0.2) is 42.5 Å². The second-order valence-corrected chi connectivity index (χ2v) is 4.74. The summed E-state index contributed by atoms with van der Waals surface area (Å²) in [6.45, 7) is -0.506. The second kappa shape index (κ2) is 6.57. The first-order chi connectivity index (χ1) is 9.56. The van der Waals surface area contributed by atoms with Gasteiger partial charge in [-0.05, 0) is 30.7 Å². The van der Waals surface area contributed by atoms with Gasteiger partial charge in [-0.3, -0.25) is 0 Å². The van der Waals surface area contributed by atoms with Crippen molar-refractivity contribution in [1.82, 2.24) is 0 Å². The van der Waals surface area contributed by atoms with Crippen molar-refractivity contribution in [2.75, 3.05) is 5.32 Å². The predicted octanol–water partition coefficient (Wildman–Crippen LogP) is 4.86. The Balaban J connectivity index is 2.12. The summed E-state index contributed by atoms with van der Waals surface area (Å²) in [7, 11) is 0. The number of rotatable bonds is 5. The topological polar surface area (TPSA) is 21.3 Å². The molecule has 0 bridgehead atoms. The largest absolute Gasteiger partial charge is 0.434 e. The fourth-order valence-electron chi connectivity index (χ4n) is 1.84. The number of para-hydroxylation sites is 1. The van der Waals surface area contributed by atoms with Crippen LogP contribution in [0, 0.1) is 6.92 Å². The van der Waals surface area contributed by atoms with E-state index in [-0.39, 0.29) is 5.75 Å². The molecule has 0 atom stereocenters. The van der Waals surface area contributed by atoms with Crippen LogP contribution in [0.25, 0.3) is 0 Å².